The lowest BCUT2D eigenvalue weighted by molar-refractivity contribution is 0.414. The maximum absolute atomic E-state index is 8.99. The molecule has 1 aromatic carbocycles. The molecule has 18 heavy (non-hydrogen) atoms. The molecular weight excluding hydrogens is 224 g/mol. The Hall–Kier alpha value is -1.69. The summed E-state index contributed by atoms with van der Waals surface area (Å²) < 4.78 is 5.39. The molecular formula is C15H22N2O. The summed E-state index contributed by atoms with van der Waals surface area (Å²) in [5.41, 5.74) is 1.80. The van der Waals surface area contributed by atoms with Crippen LogP contribution in [-0.2, 0) is 0 Å². The topological polar surface area (TPSA) is 45.0 Å². The summed E-state index contributed by atoms with van der Waals surface area (Å²) in [6.45, 7) is 8.73. The van der Waals surface area contributed by atoms with Crippen LogP contribution in [0.15, 0.2) is 18.2 Å². The molecule has 1 rings (SSSR count). The Bertz CT molecular complexity index is 444. The third-order valence-corrected chi connectivity index (χ3v) is 2.92. The third kappa shape index (κ3) is 3.66. The molecule has 1 N–H and O–H groups in total. The molecule has 0 fully saturated rings. The Morgan fingerprint density at radius 1 is 1.39 bits per heavy atom. The van der Waals surface area contributed by atoms with E-state index in [2.05, 4.69) is 31.3 Å². The number of methoxy groups -OCH3 is 1. The van der Waals surface area contributed by atoms with Crippen LogP contribution in [0.2, 0.25) is 0 Å². The number of ether oxygens (including phenoxy) is 1. The maximum Gasteiger partial charge on any atom is 0.142 e. The molecule has 0 aliphatic carbocycles. The molecule has 3 nitrogen and oxygen atoms in total. The van der Waals surface area contributed by atoms with Crippen LogP contribution in [-0.4, -0.2) is 13.7 Å². The van der Waals surface area contributed by atoms with Gasteiger partial charge in [-0.3, -0.25) is 0 Å². The first-order chi connectivity index (χ1) is 8.39. The lowest BCUT2D eigenvalue weighted by Gasteiger charge is -2.19. The van der Waals surface area contributed by atoms with Crippen molar-refractivity contribution in [2.45, 2.75) is 33.6 Å². The zero-order valence-electron chi connectivity index (χ0n) is 11.9. The van der Waals surface area contributed by atoms with Crippen molar-refractivity contribution < 1.29 is 4.74 Å². The zero-order valence-corrected chi connectivity index (χ0v) is 11.9. The second-order valence-electron chi connectivity index (χ2n) is 5.46. The lowest BCUT2D eigenvalue weighted by atomic mass is 9.95. The Balaban J connectivity index is 2.87. The van der Waals surface area contributed by atoms with Gasteiger partial charge < -0.3 is 10.1 Å². The monoisotopic (exact) mass is 246 g/mol. The van der Waals surface area contributed by atoms with Crippen LogP contribution in [0.3, 0.4) is 0 Å². The largest absolute Gasteiger partial charge is 0.495 e. The SMILES string of the molecule is COc1cc(C(C)C)ccc1NCC(C)(C)C#N. The highest BCUT2D eigenvalue weighted by Crippen LogP contribution is 2.29. The van der Waals surface area contributed by atoms with Gasteiger partial charge in [0.25, 0.3) is 0 Å². The summed E-state index contributed by atoms with van der Waals surface area (Å²) >= 11 is 0. The van der Waals surface area contributed by atoms with Gasteiger partial charge in [0.2, 0.25) is 0 Å². The van der Waals surface area contributed by atoms with Crippen molar-refractivity contribution in [1.82, 2.24) is 0 Å². The summed E-state index contributed by atoms with van der Waals surface area (Å²) in [5, 5.41) is 12.3. The number of hydrogen-bond acceptors (Lipinski definition) is 3. The smallest absolute Gasteiger partial charge is 0.142 e. The number of benzene rings is 1. The minimum atomic E-state index is -0.387. The predicted octanol–water partition coefficient (Wildman–Crippen LogP) is 3.78. The summed E-state index contributed by atoms with van der Waals surface area (Å²) in [7, 11) is 1.67. The van der Waals surface area contributed by atoms with E-state index in [1.165, 1.54) is 5.56 Å². The molecule has 0 saturated heterocycles. The summed E-state index contributed by atoms with van der Waals surface area (Å²) in [5.74, 6) is 1.30. The highest BCUT2D eigenvalue weighted by Gasteiger charge is 2.17. The highest BCUT2D eigenvalue weighted by molar-refractivity contribution is 5.58. The van der Waals surface area contributed by atoms with E-state index in [4.69, 9.17) is 10.00 Å². The van der Waals surface area contributed by atoms with Gasteiger partial charge in [-0.1, -0.05) is 19.9 Å². The number of nitrogens with zero attached hydrogens (tertiary/aromatic N) is 1. The van der Waals surface area contributed by atoms with Gasteiger partial charge in [0, 0.05) is 6.54 Å². The Labute approximate surface area is 110 Å². The first kappa shape index (κ1) is 14.4. The van der Waals surface area contributed by atoms with Crippen molar-refractivity contribution in [2.24, 2.45) is 5.41 Å². The molecule has 0 radical (unpaired) electrons. The van der Waals surface area contributed by atoms with Crippen LogP contribution < -0.4 is 10.1 Å². The molecule has 0 atom stereocenters. The second-order valence-corrected chi connectivity index (χ2v) is 5.46. The van der Waals surface area contributed by atoms with Gasteiger partial charge in [-0.05, 0) is 37.5 Å². The first-order valence-corrected chi connectivity index (χ1v) is 6.22. The Kier molecular flexibility index (Phi) is 4.61. The molecule has 1 aromatic rings. The van der Waals surface area contributed by atoms with Crippen molar-refractivity contribution in [3.05, 3.63) is 23.8 Å². The van der Waals surface area contributed by atoms with Crippen LogP contribution in [0.4, 0.5) is 5.69 Å². The maximum atomic E-state index is 8.99. The minimum Gasteiger partial charge on any atom is -0.495 e. The molecule has 0 saturated carbocycles. The predicted molar refractivity (Wildman–Crippen MR) is 75.0 cm³/mol. The lowest BCUT2D eigenvalue weighted by Crippen LogP contribution is -2.21. The number of hydrogen-bond donors (Lipinski definition) is 1. The second kappa shape index (κ2) is 5.77. The van der Waals surface area contributed by atoms with Crippen molar-refractivity contribution in [2.75, 3.05) is 19.0 Å². The summed E-state index contributed by atoms with van der Waals surface area (Å²) in [6, 6.07) is 8.43. The summed E-state index contributed by atoms with van der Waals surface area (Å²) in [6.07, 6.45) is 0. The van der Waals surface area contributed by atoms with Crippen molar-refractivity contribution in [3.63, 3.8) is 0 Å². The average molecular weight is 246 g/mol. The fraction of sp³-hybridized carbons (Fsp3) is 0.533. The molecule has 0 heterocycles. The molecule has 0 spiro atoms. The summed E-state index contributed by atoms with van der Waals surface area (Å²) in [4.78, 5) is 0. The number of nitrogens with one attached hydrogen (secondary N) is 1. The van der Waals surface area contributed by atoms with E-state index in [9.17, 15) is 0 Å². The van der Waals surface area contributed by atoms with E-state index in [0.29, 0.717) is 12.5 Å². The van der Waals surface area contributed by atoms with E-state index in [1.54, 1.807) is 7.11 Å². The normalized spacial score (nSPS) is 11.2. The number of rotatable bonds is 5. The highest BCUT2D eigenvalue weighted by atomic mass is 16.5. The van der Waals surface area contributed by atoms with Gasteiger partial charge >= 0.3 is 0 Å². The molecule has 0 amide bonds. The molecule has 0 aliphatic heterocycles. The van der Waals surface area contributed by atoms with Crippen LogP contribution in [0.5, 0.6) is 5.75 Å². The van der Waals surface area contributed by atoms with Crippen molar-refractivity contribution >= 4 is 5.69 Å². The van der Waals surface area contributed by atoms with E-state index >= 15 is 0 Å². The van der Waals surface area contributed by atoms with Crippen molar-refractivity contribution in [3.8, 4) is 11.8 Å². The quantitative estimate of drug-likeness (QED) is 0.860. The van der Waals surface area contributed by atoms with Crippen molar-refractivity contribution in [1.29, 1.82) is 5.26 Å². The van der Waals surface area contributed by atoms with Gasteiger partial charge in [0.1, 0.15) is 5.75 Å². The van der Waals surface area contributed by atoms with E-state index in [0.717, 1.165) is 11.4 Å². The molecule has 98 valence electrons. The van der Waals surface area contributed by atoms with Crippen LogP contribution in [0, 0.1) is 16.7 Å². The molecule has 0 bridgehead atoms. The minimum absolute atomic E-state index is 0.387. The van der Waals surface area contributed by atoms with Gasteiger partial charge in [0.05, 0.1) is 24.3 Å². The Morgan fingerprint density at radius 2 is 2.06 bits per heavy atom. The standard InChI is InChI=1S/C15H22N2O/c1-11(2)12-6-7-13(14(8-12)18-5)17-10-15(3,4)9-16/h6-8,11,17H,10H2,1-5H3. The molecule has 0 aliphatic rings. The van der Waals surface area contributed by atoms with Crippen LogP contribution in [0.1, 0.15) is 39.2 Å². The fourth-order valence-electron chi connectivity index (χ4n) is 1.57. The van der Waals surface area contributed by atoms with E-state index in [-0.39, 0.29) is 5.41 Å². The van der Waals surface area contributed by atoms with Gasteiger partial charge in [-0.15, -0.1) is 0 Å². The first-order valence-electron chi connectivity index (χ1n) is 6.22. The van der Waals surface area contributed by atoms with E-state index in [1.807, 2.05) is 26.0 Å². The molecule has 0 unspecified atom stereocenters. The van der Waals surface area contributed by atoms with E-state index < -0.39 is 0 Å². The third-order valence-electron chi connectivity index (χ3n) is 2.92. The number of nitriles is 1. The Morgan fingerprint density at radius 3 is 2.56 bits per heavy atom. The fourth-order valence-corrected chi connectivity index (χ4v) is 1.57. The molecule has 3 heteroatoms. The average Bonchev–Trinajstić information content (AvgIpc) is 2.36. The van der Waals surface area contributed by atoms with Gasteiger partial charge in [0.15, 0.2) is 0 Å². The number of anilines is 1. The molecule has 0 aromatic heterocycles. The van der Waals surface area contributed by atoms with Gasteiger partial charge in [-0.25, -0.2) is 0 Å². The van der Waals surface area contributed by atoms with Gasteiger partial charge in [-0.2, -0.15) is 5.26 Å². The zero-order chi connectivity index (χ0) is 13.8. The van der Waals surface area contributed by atoms with Crippen LogP contribution in [0.25, 0.3) is 0 Å². The van der Waals surface area contributed by atoms with Crippen LogP contribution >= 0.6 is 0 Å².